The van der Waals surface area contributed by atoms with Gasteiger partial charge in [-0.15, -0.1) is 0 Å². The van der Waals surface area contributed by atoms with Crippen molar-refractivity contribution < 1.29 is 14.6 Å². The second-order valence-corrected chi connectivity index (χ2v) is 4.50. The summed E-state index contributed by atoms with van der Waals surface area (Å²) in [5.74, 6) is -0.0374. The molecular formula is C14H13NO3. The molecule has 0 spiro atoms. The van der Waals surface area contributed by atoms with Crippen LogP contribution in [0.4, 0.5) is 0 Å². The summed E-state index contributed by atoms with van der Waals surface area (Å²) in [5, 5.41) is 10.2. The number of rotatable bonds is 3. The highest BCUT2D eigenvalue weighted by Crippen LogP contribution is 2.47. The number of benzene rings is 1. The fourth-order valence-electron chi connectivity index (χ4n) is 2.33. The van der Waals surface area contributed by atoms with Gasteiger partial charge in [0.15, 0.2) is 5.69 Å². The summed E-state index contributed by atoms with van der Waals surface area (Å²) in [4.78, 5) is 15.6. The summed E-state index contributed by atoms with van der Waals surface area (Å²) in [6.45, 7) is 0. The van der Waals surface area contributed by atoms with Crippen LogP contribution in [-0.2, 0) is 0 Å². The molecule has 1 saturated carbocycles. The maximum Gasteiger partial charge on any atom is 0.354 e. The van der Waals surface area contributed by atoms with E-state index in [-0.39, 0.29) is 11.6 Å². The summed E-state index contributed by atoms with van der Waals surface area (Å²) >= 11 is 0. The molecule has 1 aromatic heterocycles. The molecule has 92 valence electrons. The molecule has 0 amide bonds. The van der Waals surface area contributed by atoms with Crippen molar-refractivity contribution in [3.63, 3.8) is 0 Å². The van der Waals surface area contributed by atoms with Gasteiger partial charge in [-0.1, -0.05) is 12.1 Å². The van der Waals surface area contributed by atoms with Gasteiger partial charge in [0.05, 0.1) is 12.6 Å². The number of nitrogens with zero attached hydrogens (tertiary/aromatic N) is 1. The highest BCUT2D eigenvalue weighted by atomic mass is 16.5. The first-order valence-electron chi connectivity index (χ1n) is 5.92. The van der Waals surface area contributed by atoms with Crippen LogP contribution in [0.1, 0.15) is 34.8 Å². The van der Waals surface area contributed by atoms with E-state index in [1.54, 1.807) is 13.2 Å². The van der Waals surface area contributed by atoms with Crippen LogP contribution in [0.2, 0.25) is 0 Å². The highest BCUT2D eigenvalue weighted by Gasteiger charge is 2.33. The molecule has 4 heteroatoms. The summed E-state index contributed by atoms with van der Waals surface area (Å²) in [6.07, 6.45) is 2.02. The van der Waals surface area contributed by atoms with Crippen molar-refractivity contribution in [2.75, 3.05) is 7.11 Å². The average Bonchev–Trinajstić information content (AvgIpc) is 3.20. The van der Waals surface area contributed by atoms with Crippen LogP contribution in [0, 0.1) is 0 Å². The minimum Gasteiger partial charge on any atom is -0.496 e. The van der Waals surface area contributed by atoms with Crippen molar-refractivity contribution >= 4 is 16.9 Å². The van der Waals surface area contributed by atoms with Crippen LogP contribution in [0.15, 0.2) is 24.3 Å². The summed E-state index contributed by atoms with van der Waals surface area (Å²) in [7, 11) is 1.58. The van der Waals surface area contributed by atoms with Gasteiger partial charge < -0.3 is 9.84 Å². The SMILES string of the molecule is COc1c(C2CC2)c(C(=O)O)nc2ccccc12. The molecule has 3 rings (SSSR count). The highest BCUT2D eigenvalue weighted by molar-refractivity contribution is 5.96. The zero-order valence-corrected chi connectivity index (χ0v) is 10.0. The van der Waals surface area contributed by atoms with E-state index in [2.05, 4.69) is 4.98 Å². The Labute approximate surface area is 104 Å². The number of aromatic nitrogens is 1. The molecule has 2 aromatic rings. The van der Waals surface area contributed by atoms with E-state index < -0.39 is 5.97 Å². The molecule has 0 aliphatic heterocycles. The van der Waals surface area contributed by atoms with Gasteiger partial charge in [-0.3, -0.25) is 0 Å². The van der Waals surface area contributed by atoms with Crippen LogP contribution in [0.3, 0.4) is 0 Å². The lowest BCUT2D eigenvalue weighted by molar-refractivity contribution is 0.0689. The number of pyridine rings is 1. The summed E-state index contributed by atoms with van der Waals surface area (Å²) < 4.78 is 5.45. The minimum atomic E-state index is -0.985. The first kappa shape index (κ1) is 11.0. The molecule has 1 aliphatic rings. The standard InChI is InChI=1S/C14H13NO3/c1-18-13-9-4-2-3-5-10(9)15-12(14(16)17)11(13)8-6-7-8/h2-5,8H,6-7H2,1H3,(H,16,17). The lowest BCUT2D eigenvalue weighted by Gasteiger charge is -2.13. The normalized spacial score (nSPS) is 14.7. The molecule has 0 unspecified atom stereocenters. The van der Waals surface area contributed by atoms with Gasteiger partial charge in [0, 0.05) is 10.9 Å². The Kier molecular flexibility index (Phi) is 2.44. The number of carbonyl (C=O) groups is 1. The predicted octanol–water partition coefficient (Wildman–Crippen LogP) is 2.82. The molecule has 18 heavy (non-hydrogen) atoms. The molecule has 1 heterocycles. The lowest BCUT2D eigenvalue weighted by atomic mass is 10.0. The van der Waals surface area contributed by atoms with E-state index in [0.29, 0.717) is 11.3 Å². The molecule has 1 N–H and O–H groups in total. The van der Waals surface area contributed by atoms with E-state index in [9.17, 15) is 9.90 Å². The van der Waals surface area contributed by atoms with Crippen LogP contribution in [-0.4, -0.2) is 23.2 Å². The molecular weight excluding hydrogens is 230 g/mol. The minimum absolute atomic E-state index is 0.132. The van der Waals surface area contributed by atoms with Crippen LogP contribution >= 0.6 is 0 Å². The molecule has 0 saturated heterocycles. The number of ether oxygens (including phenoxy) is 1. The average molecular weight is 243 g/mol. The second kappa shape index (κ2) is 3.98. The molecule has 0 atom stereocenters. The summed E-state index contributed by atoms with van der Waals surface area (Å²) in [5.41, 5.74) is 1.55. The number of carboxylic acids is 1. The van der Waals surface area contributed by atoms with Gasteiger partial charge in [-0.2, -0.15) is 0 Å². The third-order valence-electron chi connectivity index (χ3n) is 3.27. The van der Waals surface area contributed by atoms with Crippen LogP contribution in [0.25, 0.3) is 10.9 Å². The molecule has 1 fully saturated rings. The molecule has 4 nitrogen and oxygen atoms in total. The lowest BCUT2D eigenvalue weighted by Crippen LogP contribution is -2.08. The Bertz CT molecular complexity index is 632. The zero-order valence-electron chi connectivity index (χ0n) is 10.0. The number of aromatic carboxylic acids is 1. The van der Waals surface area contributed by atoms with E-state index in [0.717, 1.165) is 23.8 Å². The maximum absolute atomic E-state index is 11.3. The topological polar surface area (TPSA) is 59.4 Å². The number of para-hydroxylation sites is 1. The Morgan fingerprint density at radius 3 is 2.72 bits per heavy atom. The maximum atomic E-state index is 11.3. The molecule has 1 aliphatic carbocycles. The van der Waals surface area contributed by atoms with Crippen molar-refractivity contribution in [1.82, 2.24) is 4.98 Å². The van der Waals surface area contributed by atoms with E-state index in [4.69, 9.17) is 4.74 Å². The smallest absolute Gasteiger partial charge is 0.354 e. The second-order valence-electron chi connectivity index (χ2n) is 4.50. The third kappa shape index (κ3) is 1.61. The zero-order chi connectivity index (χ0) is 12.7. The fraction of sp³-hybridized carbons (Fsp3) is 0.286. The molecule has 0 radical (unpaired) electrons. The van der Waals surface area contributed by atoms with Crippen molar-refractivity contribution in [3.8, 4) is 5.75 Å². The van der Waals surface area contributed by atoms with Crippen molar-refractivity contribution in [2.24, 2.45) is 0 Å². The number of hydrogen-bond donors (Lipinski definition) is 1. The quantitative estimate of drug-likeness (QED) is 0.900. The van der Waals surface area contributed by atoms with Crippen LogP contribution in [0.5, 0.6) is 5.75 Å². The Morgan fingerprint density at radius 2 is 2.11 bits per heavy atom. The van der Waals surface area contributed by atoms with Gasteiger partial charge in [-0.25, -0.2) is 9.78 Å². The first-order valence-corrected chi connectivity index (χ1v) is 5.92. The van der Waals surface area contributed by atoms with Gasteiger partial charge in [0.2, 0.25) is 0 Å². The Hall–Kier alpha value is -2.10. The van der Waals surface area contributed by atoms with E-state index >= 15 is 0 Å². The number of hydrogen-bond acceptors (Lipinski definition) is 3. The fourth-order valence-corrected chi connectivity index (χ4v) is 2.33. The van der Waals surface area contributed by atoms with Crippen molar-refractivity contribution in [2.45, 2.75) is 18.8 Å². The van der Waals surface area contributed by atoms with Crippen LogP contribution < -0.4 is 4.74 Å². The Balaban J connectivity index is 2.38. The number of methoxy groups -OCH3 is 1. The largest absolute Gasteiger partial charge is 0.496 e. The third-order valence-corrected chi connectivity index (χ3v) is 3.27. The molecule has 1 aromatic carbocycles. The molecule has 0 bridgehead atoms. The van der Waals surface area contributed by atoms with Crippen molar-refractivity contribution in [3.05, 3.63) is 35.5 Å². The van der Waals surface area contributed by atoms with E-state index in [1.807, 2.05) is 18.2 Å². The van der Waals surface area contributed by atoms with Gasteiger partial charge >= 0.3 is 5.97 Å². The first-order chi connectivity index (χ1) is 8.72. The van der Waals surface area contributed by atoms with Crippen molar-refractivity contribution in [1.29, 1.82) is 0 Å². The Morgan fingerprint density at radius 1 is 1.39 bits per heavy atom. The van der Waals surface area contributed by atoms with Gasteiger partial charge in [0.25, 0.3) is 0 Å². The summed E-state index contributed by atoms with van der Waals surface area (Å²) in [6, 6.07) is 7.47. The van der Waals surface area contributed by atoms with Gasteiger partial charge in [-0.05, 0) is 30.9 Å². The van der Waals surface area contributed by atoms with E-state index in [1.165, 1.54) is 0 Å². The monoisotopic (exact) mass is 243 g/mol. The van der Waals surface area contributed by atoms with Gasteiger partial charge in [0.1, 0.15) is 5.75 Å². The number of fused-ring (bicyclic) bond motifs is 1. The predicted molar refractivity (Wildman–Crippen MR) is 67.2 cm³/mol. The number of carboxylic acid groups (broad SMARTS) is 1.